The predicted molar refractivity (Wildman–Crippen MR) is 73.1 cm³/mol. The normalized spacial score (nSPS) is 11.6. The molecule has 1 aromatic carbocycles. The van der Waals surface area contributed by atoms with Crippen LogP contribution in [0, 0.1) is 12.7 Å². The van der Waals surface area contributed by atoms with E-state index in [0.29, 0.717) is 17.0 Å². The Morgan fingerprint density at radius 2 is 2.05 bits per heavy atom. The zero-order chi connectivity index (χ0) is 15.5. The van der Waals surface area contributed by atoms with Gasteiger partial charge in [0.1, 0.15) is 10.7 Å². The average Bonchev–Trinajstić information content (AvgIpc) is 2.47. The molecule has 2 rings (SSSR count). The van der Waals surface area contributed by atoms with Gasteiger partial charge in [-0.2, -0.15) is 0 Å². The molecule has 0 unspecified atom stereocenters. The van der Waals surface area contributed by atoms with Gasteiger partial charge < -0.3 is 5.11 Å². The van der Waals surface area contributed by atoms with Crippen molar-refractivity contribution in [3.05, 3.63) is 53.4 Å². The van der Waals surface area contributed by atoms with Crippen LogP contribution in [0.3, 0.4) is 0 Å². The second-order valence-corrected chi connectivity index (χ2v) is 6.13. The van der Waals surface area contributed by atoms with Crippen molar-refractivity contribution < 1.29 is 17.9 Å². The summed E-state index contributed by atoms with van der Waals surface area (Å²) in [5.41, 5.74) is 1.44. The lowest BCUT2D eigenvalue weighted by molar-refractivity contribution is 0.281. The third kappa shape index (κ3) is 3.81. The summed E-state index contributed by atoms with van der Waals surface area (Å²) in [5.74, 6) is -0.880. The molecule has 112 valence electrons. The number of rotatable bonds is 5. The molecule has 0 aliphatic rings. The first-order chi connectivity index (χ1) is 9.92. The largest absolute Gasteiger partial charge is 0.392 e. The zero-order valence-corrected chi connectivity index (χ0v) is 12.1. The van der Waals surface area contributed by atoms with Crippen LogP contribution in [0.2, 0.25) is 0 Å². The van der Waals surface area contributed by atoms with Crippen molar-refractivity contribution in [2.24, 2.45) is 0 Å². The first-order valence-corrected chi connectivity index (χ1v) is 7.57. The second-order valence-electron chi connectivity index (χ2n) is 4.40. The van der Waals surface area contributed by atoms with Gasteiger partial charge >= 0.3 is 0 Å². The summed E-state index contributed by atoms with van der Waals surface area (Å²) in [5, 5.41) is 9.00. The summed E-state index contributed by atoms with van der Waals surface area (Å²) < 4.78 is 40.1. The molecular formula is C13H14FN3O3S. The van der Waals surface area contributed by atoms with Crippen molar-refractivity contribution in [2.75, 3.05) is 0 Å². The molecule has 0 fully saturated rings. The molecular weight excluding hydrogens is 297 g/mol. The van der Waals surface area contributed by atoms with Crippen LogP contribution in [0.25, 0.3) is 0 Å². The summed E-state index contributed by atoms with van der Waals surface area (Å²) >= 11 is 0. The number of halogens is 1. The molecule has 0 saturated carbocycles. The van der Waals surface area contributed by atoms with E-state index in [1.807, 2.05) is 0 Å². The summed E-state index contributed by atoms with van der Waals surface area (Å²) in [6.07, 6.45) is 2.95. The van der Waals surface area contributed by atoms with Crippen LogP contribution in [-0.4, -0.2) is 23.5 Å². The van der Waals surface area contributed by atoms with Crippen molar-refractivity contribution in [3.8, 4) is 0 Å². The Kier molecular flexibility index (Phi) is 4.61. The molecule has 6 nitrogen and oxygen atoms in total. The lowest BCUT2D eigenvalue weighted by Crippen LogP contribution is -2.25. The molecule has 0 atom stereocenters. The van der Waals surface area contributed by atoms with E-state index in [2.05, 4.69) is 14.7 Å². The van der Waals surface area contributed by atoms with Gasteiger partial charge in [-0.3, -0.25) is 9.97 Å². The number of aliphatic hydroxyl groups excluding tert-OH is 1. The van der Waals surface area contributed by atoms with Gasteiger partial charge in [0, 0.05) is 6.20 Å². The number of sulfonamides is 1. The molecule has 2 aromatic rings. The minimum absolute atomic E-state index is 0.0988. The minimum atomic E-state index is -4.04. The lowest BCUT2D eigenvalue weighted by atomic mass is 10.2. The highest BCUT2D eigenvalue weighted by molar-refractivity contribution is 7.89. The Labute approximate surface area is 121 Å². The summed E-state index contributed by atoms with van der Waals surface area (Å²) in [6.45, 7) is 1.29. The van der Waals surface area contributed by atoms with Gasteiger partial charge in [-0.25, -0.2) is 17.5 Å². The Hall–Kier alpha value is -1.90. The van der Waals surface area contributed by atoms with Gasteiger partial charge in [-0.05, 0) is 24.6 Å². The standard InChI is InChI=1S/C13H14FN3O3S/c1-9-5-16-11(6-15-9)7-17-21(19,20)13-4-10(8-18)2-3-12(13)14/h2-6,17-18H,7-8H2,1H3. The van der Waals surface area contributed by atoms with E-state index in [1.54, 1.807) is 6.92 Å². The van der Waals surface area contributed by atoms with Crippen molar-refractivity contribution in [1.82, 2.24) is 14.7 Å². The Morgan fingerprint density at radius 3 is 2.67 bits per heavy atom. The van der Waals surface area contributed by atoms with Crippen LogP contribution in [0.4, 0.5) is 4.39 Å². The van der Waals surface area contributed by atoms with E-state index < -0.39 is 20.7 Å². The monoisotopic (exact) mass is 311 g/mol. The molecule has 1 aromatic heterocycles. The number of aromatic nitrogens is 2. The van der Waals surface area contributed by atoms with Gasteiger partial charge in [0.2, 0.25) is 10.0 Å². The third-order valence-corrected chi connectivity index (χ3v) is 4.16. The fourth-order valence-corrected chi connectivity index (χ4v) is 2.73. The Morgan fingerprint density at radius 1 is 1.29 bits per heavy atom. The molecule has 0 amide bonds. The number of hydrogen-bond donors (Lipinski definition) is 2. The quantitative estimate of drug-likeness (QED) is 0.856. The smallest absolute Gasteiger partial charge is 0.243 e. The van der Waals surface area contributed by atoms with Crippen LogP contribution in [-0.2, 0) is 23.2 Å². The topological polar surface area (TPSA) is 92.2 Å². The number of aryl methyl sites for hydroxylation is 1. The van der Waals surface area contributed by atoms with Crippen LogP contribution in [0.5, 0.6) is 0 Å². The van der Waals surface area contributed by atoms with E-state index in [4.69, 9.17) is 5.11 Å². The maximum absolute atomic E-state index is 13.7. The SMILES string of the molecule is Cc1cnc(CNS(=O)(=O)c2cc(CO)ccc2F)cn1. The summed E-state index contributed by atoms with van der Waals surface area (Å²) in [4.78, 5) is 7.50. The van der Waals surface area contributed by atoms with Crippen molar-refractivity contribution in [3.63, 3.8) is 0 Å². The highest BCUT2D eigenvalue weighted by atomic mass is 32.2. The summed E-state index contributed by atoms with van der Waals surface area (Å²) in [6, 6.07) is 3.42. The van der Waals surface area contributed by atoms with Crippen LogP contribution in [0.15, 0.2) is 35.5 Å². The second kappa shape index (κ2) is 6.25. The molecule has 8 heteroatoms. The molecule has 1 heterocycles. The molecule has 21 heavy (non-hydrogen) atoms. The van der Waals surface area contributed by atoms with Crippen molar-refractivity contribution in [2.45, 2.75) is 25.0 Å². The van der Waals surface area contributed by atoms with Crippen LogP contribution in [0.1, 0.15) is 17.0 Å². The molecule has 0 aliphatic carbocycles. The first-order valence-electron chi connectivity index (χ1n) is 6.09. The highest BCUT2D eigenvalue weighted by Gasteiger charge is 2.19. The Bertz CT molecular complexity index is 733. The molecule has 0 radical (unpaired) electrons. The molecule has 0 bridgehead atoms. The number of hydrogen-bond acceptors (Lipinski definition) is 5. The van der Waals surface area contributed by atoms with E-state index in [9.17, 15) is 12.8 Å². The molecule has 0 aliphatic heterocycles. The van der Waals surface area contributed by atoms with E-state index >= 15 is 0 Å². The number of aliphatic hydroxyl groups is 1. The minimum Gasteiger partial charge on any atom is -0.392 e. The van der Waals surface area contributed by atoms with E-state index in [0.717, 1.165) is 12.1 Å². The van der Waals surface area contributed by atoms with Gasteiger partial charge in [-0.15, -0.1) is 0 Å². The number of nitrogens with one attached hydrogen (secondary N) is 1. The number of benzene rings is 1. The molecule has 2 N–H and O–H groups in total. The van der Waals surface area contributed by atoms with E-state index in [1.165, 1.54) is 18.5 Å². The van der Waals surface area contributed by atoms with Gasteiger partial charge in [0.25, 0.3) is 0 Å². The van der Waals surface area contributed by atoms with Gasteiger partial charge in [0.05, 0.1) is 30.7 Å². The Balaban J connectivity index is 2.20. The third-order valence-electron chi connectivity index (χ3n) is 2.75. The van der Waals surface area contributed by atoms with Crippen LogP contribution < -0.4 is 4.72 Å². The predicted octanol–water partition coefficient (Wildman–Crippen LogP) is 0.895. The zero-order valence-electron chi connectivity index (χ0n) is 11.2. The average molecular weight is 311 g/mol. The fraction of sp³-hybridized carbons (Fsp3) is 0.231. The van der Waals surface area contributed by atoms with Gasteiger partial charge in [-0.1, -0.05) is 6.07 Å². The molecule has 0 spiro atoms. The van der Waals surface area contributed by atoms with Gasteiger partial charge in [0.15, 0.2) is 0 Å². The summed E-state index contributed by atoms with van der Waals surface area (Å²) in [7, 11) is -4.04. The maximum Gasteiger partial charge on any atom is 0.243 e. The first kappa shape index (κ1) is 15.5. The maximum atomic E-state index is 13.7. The molecule has 0 saturated heterocycles. The van der Waals surface area contributed by atoms with Crippen LogP contribution >= 0.6 is 0 Å². The lowest BCUT2D eigenvalue weighted by Gasteiger charge is -2.08. The van der Waals surface area contributed by atoms with Crippen molar-refractivity contribution >= 4 is 10.0 Å². The number of nitrogens with zero attached hydrogens (tertiary/aromatic N) is 2. The fourth-order valence-electron chi connectivity index (χ4n) is 1.61. The highest BCUT2D eigenvalue weighted by Crippen LogP contribution is 2.16. The van der Waals surface area contributed by atoms with E-state index in [-0.39, 0.29) is 13.2 Å². The van der Waals surface area contributed by atoms with Crippen molar-refractivity contribution in [1.29, 1.82) is 0 Å².